The fourth-order valence-electron chi connectivity index (χ4n) is 2.46. The van der Waals surface area contributed by atoms with Crippen molar-refractivity contribution in [2.75, 3.05) is 26.9 Å². The Morgan fingerprint density at radius 2 is 2.27 bits per heavy atom. The molecule has 0 spiro atoms. The van der Waals surface area contributed by atoms with Crippen LogP contribution in [0.3, 0.4) is 0 Å². The first-order valence-corrected chi connectivity index (χ1v) is 8.07. The van der Waals surface area contributed by atoms with E-state index in [2.05, 4.69) is 5.32 Å². The van der Waals surface area contributed by atoms with Crippen molar-refractivity contribution >= 4 is 18.0 Å². The minimum absolute atomic E-state index is 0.00958. The van der Waals surface area contributed by atoms with Gasteiger partial charge in [-0.15, -0.1) is 0 Å². The number of amides is 1. The molecule has 138 valence electrons. The summed E-state index contributed by atoms with van der Waals surface area (Å²) in [5.41, 5.74) is 0.498. The van der Waals surface area contributed by atoms with Crippen LogP contribution in [0.2, 0.25) is 0 Å². The minimum atomic E-state index is -1.11. The van der Waals surface area contributed by atoms with Crippen LogP contribution in [0.1, 0.15) is 18.4 Å². The van der Waals surface area contributed by atoms with Gasteiger partial charge in [-0.1, -0.05) is 6.07 Å². The summed E-state index contributed by atoms with van der Waals surface area (Å²) in [6.07, 6.45) is 3.27. The molecular formula is C18H20N2O6. The number of nitriles is 1. The summed E-state index contributed by atoms with van der Waals surface area (Å²) in [6.45, 7) is 0.557. The lowest BCUT2D eigenvalue weighted by atomic mass is 10.1. The molecule has 1 aromatic carbocycles. The smallest absolute Gasteiger partial charge is 0.341 e. The third-order valence-corrected chi connectivity index (χ3v) is 3.73. The van der Waals surface area contributed by atoms with Gasteiger partial charge in [0.05, 0.1) is 13.2 Å². The van der Waals surface area contributed by atoms with Gasteiger partial charge in [0.1, 0.15) is 11.6 Å². The fourth-order valence-corrected chi connectivity index (χ4v) is 2.46. The summed E-state index contributed by atoms with van der Waals surface area (Å²) < 4.78 is 15.7. The molecule has 1 atom stereocenters. The molecule has 2 N–H and O–H groups in total. The van der Waals surface area contributed by atoms with Crippen molar-refractivity contribution in [1.29, 1.82) is 5.26 Å². The van der Waals surface area contributed by atoms with Crippen molar-refractivity contribution in [1.82, 2.24) is 5.32 Å². The standard InChI is InChI=1S/C18H20N2O6/c1-24-16-8-12(4-5-15(16)26-11-17(21)22)7-13(9-19)18(23)20-10-14-3-2-6-25-14/h4-5,7-8,14H,2-3,6,10-11H2,1H3,(H,20,23)(H,21,22)/b13-7-/t14-/m1/s1. The summed E-state index contributed by atoms with van der Waals surface area (Å²) in [5, 5.41) is 20.6. The number of hydrogen-bond donors (Lipinski definition) is 2. The SMILES string of the molecule is COc1cc(/C=C(/C#N)C(=O)NC[C@H]2CCCO2)ccc1OCC(=O)O. The lowest BCUT2D eigenvalue weighted by molar-refractivity contribution is -0.139. The van der Waals surface area contributed by atoms with Crippen molar-refractivity contribution < 1.29 is 28.9 Å². The van der Waals surface area contributed by atoms with Crippen LogP contribution in [0, 0.1) is 11.3 Å². The monoisotopic (exact) mass is 360 g/mol. The van der Waals surface area contributed by atoms with Gasteiger partial charge in [-0.25, -0.2) is 4.79 Å². The second kappa shape index (κ2) is 9.44. The number of nitrogens with zero attached hydrogens (tertiary/aromatic N) is 1. The van der Waals surface area contributed by atoms with Crippen LogP contribution in [0.5, 0.6) is 11.5 Å². The average molecular weight is 360 g/mol. The van der Waals surface area contributed by atoms with E-state index < -0.39 is 18.5 Å². The molecule has 1 aliphatic heterocycles. The zero-order valence-corrected chi connectivity index (χ0v) is 14.4. The number of hydrogen-bond acceptors (Lipinski definition) is 6. The van der Waals surface area contributed by atoms with E-state index in [4.69, 9.17) is 19.3 Å². The Hall–Kier alpha value is -3.05. The maximum Gasteiger partial charge on any atom is 0.341 e. The van der Waals surface area contributed by atoms with Gasteiger partial charge in [0, 0.05) is 13.2 Å². The van der Waals surface area contributed by atoms with Gasteiger partial charge < -0.3 is 24.6 Å². The minimum Gasteiger partial charge on any atom is -0.493 e. The molecule has 0 bridgehead atoms. The molecule has 1 aliphatic rings. The van der Waals surface area contributed by atoms with Crippen molar-refractivity contribution in [3.63, 3.8) is 0 Å². The second-order valence-corrected chi connectivity index (χ2v) is 5.61. The van der Waals surface area contributed by atoms with Gasteiger partial charge in [-0.05, 0) is 36.6 Å². The zero-order chi connectivity index (χ0) is 18.9. The Bertz CT molecular complexity index is 732. The maximum atomic E-state index is 12.2. The molecule has 8 heteroatoms. The van der Waals surface area contributed by atoms with Crippen LogP contribution in [0.25, 0.3) is 6.08 Å². The van der Waals surface area contributed by atoms with Crippen molar-refractivity contribution in [2.24, 2.45) is 0 Å². The number of carboxylic acids is 1. The number of carboxylic acid groups (broad SMARTS) is 1. The molecule has 0 saturated carbocycles. The summed E-state index contributed by atoms with van der Waals surface area (Å²) in [5.74, 6) is -1.02. The molecule has 8 nitrogen and oxygen atoms in total. The van der Waals surface area contributed by atoms with Gasteiger partial charge in [0.2, 0.25) is 0 Å². The van der Waals surface area contributed by atoms with E-state index in [1.807, 2.05) is 6.07 Å². The lowest BCUT2D eigenvalue weighted by Gasteiger charge is -2.11. The molecule has 1 saturated heterocycles. The van der Waals surface area contributed by atoms with Gasteiger partial charge >= 0.3 is 5.97 Å². The number of ether oxygens (including phenoxy) is 3. The largest absolute Gasteiger partial charge is 0.493 e. The zero-order valence-electron chi connectivity index (χ0n) is 14.4. The van der Waals surface area contributed by atoms with Crippen molar-refractivity contribution in [2.45, 2.75) is 18.9 Å². The molecule has 0 aliphatic carbocycles. The van der Waals surface area contributed by atoms with Crippen LogP contribution >= 0.6 is 0 Å². The highest BCUT2D eigenvalue weighted by atomic mass is 16.5. The van der Waals surface area contributed by atoms with E-state index in [9.17, 15) is 14.9 Å². The van der Waals surface area contributed by atoms with Crippen molar-refractivity contribution in [3.05, 3.63) is 29.3 Å². The number of rotatable bonds is 8. The average Bonchev–Trinajstić information content (AvgIpc) is 3.16. The van der Waals surface area contributed by atoms with E-state index in [1.54, 1.807) is 12.1 Å². The number of methoxy groups -OCH3 is 1. The molecule has 2 rings (SSSR count). The molecule has 0 unspecified atom stereocenters. The molecule has 1 aromatic rings. The first kappa shape index (κ1) is 19.3. The predicted molar refractivity (Wildman–Crippen MR) is 91.7 cm³/mol. The van der Waals surface area contributed by atoms with Gasteiger partial charge in [-0.3, -0.25) is 4.79 Å². The molecule has 0 radical (unpaired) electrons. The Labute approximate surface area is 151 Å². The normalized spacial score (nSPS) is 16.6. The highest BCUT2D eigenvalue weighted by Crippen LogP contribution is 2.29. The third-order valence-electron chi connectivity index (χ3n) is 3.73. The summed E-state index contributed by atoms with van der Waals surface area (Å²) in [4.78, 5) is 22.7. The number of nitrogens with one attached hydrogen (secondary N) is 1. The van der Waals surface area contributed by atoms with Gasteiger partial charge in [0.15, 0.2) is 18.1 Å². The van der Waals surface area contributed by atoms with E-state index >= 15 is 0 Å². The lowest BCUT2D eigenvalue weighted by Crippen LogP contribution is -2.32. The Morgan fingerprint density at radius 3 is 2.88 bits per heavy atom. The Morgan fingerprint density at radius 1 is 1.46 bits per heavy atom. The van der Waals surface area contributed by atoms with Gasteiger partial charge in [0.25, 0.3) is 5.91 Å². The van der Waals surface area contributed by atoms with Crippen LogP contribution in [-0.2, 0) is 14.3 Å². The summed E-state index contributed by atoms with van der Waals surface area (Å²) in [7, 11) is 1.41. The van der Waals surface area contributed by atoms with Crippen LogP contribution < -0.4 is 14.8 Å². The molecular weight excluding hydrogens is 340 g/mol. The highest BCUT2D eigenvalue weighted by Gasteiger charge is 2.17. The van der Waals surface area contributed by atoms with E-state index in [-0.39, 0.29) is 17.4 Å². The Balaban J connectivity index is 2.07. The number of aliphatic carboxylic acids is 1. The molecule has 1 fully saturated rings. The summed E-state index contributed by atoms with van der Waals surface area (Å²) >= 11 is 0. The molecule has 26 heavy (non-hydrogen) atoms. The van der Waals surface area contributed by atoms with E-state index in [0.29, 0.717) is 24.5 Å². The second-order valence-electron chi connectivity index (χ2n) is 5.61. The number of carbonyl (C=O) groups excluding carboxylic acids is 1. The quantitative estimate of drug-likeness (QED) is 0.531. The highest BCUT2D eigenvalue weighted by molar-refractivity contribution is 6.01. The van der Waals surface area contributed by atoms with Crippen LogP contribution in [-0.4, -0.2) is 50.0 Å². The summed E-state index contributed by atoms with van der Waals surface area (Å²) in [6, 6.07) is 6.56. The molecule has 1 heterocycles. The number of benzene rings is 1. The molecule has 1 amide bonds. The first-order valence-electron chi connectivity index (χ1n) is 8.07. The predicted octanol–water partition coefficient (Wildman–Crippen LogP) is 1.36. The van der Waals surface area contributed by atoms with Crippen LogP contribution in [0.15, 0.2) is 23.8 Å². The van der Waals surface area contributed by atoms with Crippen LogP contribution in [0.4, 0.5) is 0 Å². The first-order chi connectivity index (χ1) is 12.5. The molecule has 0 aromatic heterocycles. The van der Waals surface area contributed by atoms with E-state index in [0.717, 1.165) is 12.8 Å². The third kappa shape index (κ3) is 5.50. The van der Waals surface area contributed by atoms with E-state index in [1.165, 1.54) is 19.3 Å². The Kier molecular flexibility index (Phi) is 7.00. The maximum absolute atomic E-state index is 12.2. The fraction of sp³-hybridized carbons (Fsp3) is 0.389. The number of carbonyl (C=O) groups is 2. The van der Waals surface area contributed by atoms with Crippen molar-refractivity contribution in [3.8, 4) is 17.6 Å². The van der Waals surface area contributed by atoms with Gasteiger partial charge in [-0.2, -0.15) is 5.26 Å². The topological polar surface area (TPSA) is 118 Å².